The van der Waals surface area contributed by atoms with Gasteiger partial charge in [-0.05, 0) is 19.8 Å². The van der Waals surface area contributed by atoms with Crippen molar-refractivity contribution in [2.75, 3.05) is 6.61 Å². The summed E-state index contributed by atoms with van der Waals surface area (Å²) in [5.41, 5.74) is 5.81. The standard InChI is InChI=1S/C9H17NO2.BrH/c1-2-12-9(11)7-5-3-4-6-8(7)10;/h7-8H,2-6,10H2,1H3;1H/t7-,8+;/m1./s1. The minimum Gasteiger partial charge on any atom is -0.466 e. The van der Waals surface area contributed by atoms with Gasteiger partial charge >= 0.3 is 5.97 Å². The molecule has 0 saturated heterocycles. The summed E-state index contributed by atoms with van der Waals surface area (Å²) >= 11 is 0. The van der Waals surface area contributed by atoms with Gasteiger partial charge in [-0.3, -0.25) is 4.79 Å². The van der Waals surface area contributed by atoms with Crippen molar-refractivity contribution >= 4 is 23.0 Å². The van der Waals surface area contributed by atoms with Gasteiger partial charge in [0.2, 0.25) is 0 Å². The third kappa shape index (κ3) is 3.65. The van der Waals surface area contributed by atoms with Gasteiger partial charge in [0, 0.05) is 6.04 Å². The van der Waals surface area contributed by atoms with E-state index < -0.39 is 0 Å². The van der Waals surface area contributed by atoms with Crippen LogP contribution in [0.4, 0.5) is 0 Å². The van der Waals surface area contributed by atoms with Crippen molar-refractivity contribution in [1.82, 2.24) is 0 Å². The Hall–Kier alpha value is -0.0900. The first kappa shape index (κ1) is 12.9. The fourth-order valence-corrected chi connectivity index (χ4v) is 1.70. The number of rotatable bonds is 2. The van der Waals surface area contributed by atoms with Crippen LogP contribution in [0.2, 0.25) is 0 Å². The summed E-state index contributed by atoms with van der Waals surface area (Å²) in [4.78, 5) is 11.3. The van der Waals surface area contributed by atoms with Crippen LogP contribution in [0.1, 0.15) is 32.6 Å². The molecule has 3 nitrogen and oxygen atoms in total. The summed E-state index contributed by atoms with van der Waals surface area (Å²) in [6, 6.07) is 0.0257. The van der Waals surface area contributed by atoms with E-state index in [1.165, 1.54) is 0 Å². The van der Waals surface area contributed by atoms with Crippen LogP contribution >= 0.6 is 17.0 Å². The Morgan fingerprint density at radius 2 is 2.08 bits per heavy atom. The maximum absolute atomic E-state index is 11.3. The van der Waals surface area contributed by atoms with E-state index in [0.29, 0.717) is 6.61 Å². The molecule has 0 bridgehead atoms. The number of carbonyl (C=O) groups excluding carboxylic acids is 1. The van der Waals surface area contributed by atoms with Crippen molar-refractivity contribution in [2.24, 2.45) is 11.7 Å². The third-order valence-corrected chi connectivity index (χ3v) is 2.41. The maximum atomic E-state index is 11.3. The molecule has 0 radical (unpaired) electrons. The normalized spacial score (nSPS) is 27.5. The number of carbonyl (C=O) groups is 1. The number of nitrogens with two attached hydrogens (primary N) is 1. The lowest BCUT2D eigenvalue weighted by atomic mass is 9.85. The fraction of sp³-hybridized carbons (Fsp3) is 0.889. The van der Waals surface area contributed by atoms with Gasteiger partial charge in [-0.25, -0.2) is 0 Å². The number of ether oxygens (including phenoxy) is 1. The predicted molar refractivity (Wildman–Crippen MR) is 56.9 cm³/mol. The van der Waals surface area contributed by atoms with Gasteiger partial charge < -0.3 is 10.5 Å². The molecule has 0 aromatic rings. The van der Waals surface area contributed by atoms with Gasteiger partial charge in [0.1, 0.15) is 0 Å². The lowest BCUT2D eigenvalue weighted by Crippen LogP contribution is -2.38. The molecule has 2 atom stereocenters. The molecule has 1 rings (SSSR count). The van der Waals surface area contributed by atoms with E-state index in [1.807, 2.05) is 6.92 Å². The van der Waals surface area contributed by atoms with Crippen LogP contribution in [0.15, 0.2) is 0 Å². The van der Waals surface area contributed by atoms with Gasteiger partial charge in [0.05, 0.1) is 12.5 Å². The molecular weight excluding hydrogens is 234 g/mol. The average molecular weight is 252 g/mol. The lowest BCUT2D eigenvalue weighted by Gasteiger charge is -2.26. The van der Waals surface area contributed by atoms with Gasteiger partial charge in [-0.2, -0.15) is 0 Å². The van der Waals surface area contributed by atoms with E-state index in [-0.39, 0.29) is 34.9 Å². The molecule has 0 amide bonds. The topological polar surface area (TPSA) is 52.3 Å². The monoisotopic (exact) mass is 251 g/mol. The van der Waals surface area contributed by atoms with E-state index >= 15 is 0 Å². The van der Waals surface area contributed by atoms with Crippen LogP contribution in [0.3, 0.4) is 0 Å². The van der Waals surface area contributed by atoms with Gasteiger partial charge in [0.15, 0.2) is 0 Å². The Balaban J connectivity index is 0.00000144. The van der Waals surface area contributed by atoms with E-state index in [4.69, 9.17) is 10.5 Å². The highest BCUT2D eigenvalue weighted by Crippen LogP contribution is 2.23. The van der Waals surface area contributed by atoms with Crippen LogP contribution in [0, 0.1) is 5.92 Å². The van der Waals surface area contributed by atoms with Crippen LogP contribution < -0.4 is 5.73 Å². The Kier molecular flexibility index (Phi) is 6.33. The summed E-state index contributed by atoms with van der Waals surface area (Å²) < 4.78 is 4.93. The molecule has 1 aliphatic carbocycles. The maximum Gasteiger partial charge on any atom is 0.310 e. The third-order valence-electron chi connectivity index (χ3n) is 2.41. The Labute approximate surface area is 89.8 Å². The van der Waals surface area contributed by atoms with E-state index in [9.17, 15) is 4.79 Å². The zero-order chi connectivity index (χ0) is 8.97. The molecule has 1 fully saturated rings. The molecule has 13 heavy (non-hydrogen) atoms. The largest absolute Gasteiger partial charge is 0.466 e. The summed E-state index contributed by atoms with van der Waals surface area (Å²) in [6.07, 6.45) is 4.12. The molecule has 0 heterocycles. The van der Waals surface area contributed by atoms with Crippen LogP contribution in [-0.2, 0) is 9.53 Å². The van der Waals surface area contributed by atoms with Crippen LogP contribution in [-0.4, -0.2) is 18.6 Å². The molecule has 2 N–H and O–H groups in total. The molecule has 0 aliphatic heterocycles. The fourth-order valence-electron chi connectivity index (χ4n) is 1.70. The minimum atomic E-state index is -0.107. The van der Waals surface area contributed by atoms with Crippen LogP contribution in [0.25, 0.3) is 0 Å². The second-order valence-electron chi connectivity index (χ2n) is 3.31. The van der Waals surface area contributed by atoms with Crippen molar-refractivity contribution in [1.29, 1.82) is 0 Å². The zero-order valence-electron chi connectivity index (χ0n) is 7.99. The summed E-state index contributed by atoms with van der Waals surface area (Å²) in [6.45, 7) is 2.29. The second-order valence-corrected chi connectivity index (χ2v) is 3.31. The van der Waals surface area contributed by atoms with E-state index in [2.05, 4.69) is 0 Å². The van der Waals surface area contributed by atoms with Crippen molar-refractivity contribution in [3.8, 4) is 0 Å². The van der Waals surface area contributed by atoms with Crippen molar-refractivity contribution < 1.29 is 9.53 Å². The number of halogens is 1. The van der Waals surface area contributed by atoms with Gasteiger partial charge in [-0.15, -0.1) is 17.0 Å². The first-order valence-corrected chi connectivity index (χ1v) is 4.68. The molecule has 0 aromatic heterocycles. The lowest BCUT2D eigenvalue weighted by molar-refractivity contribution is -0.149. The van der Waals surface area contributed by atoms with Gasteiger partial charge in [-0.1, -0.05) is 12.8 Å². The Morgan fingerprint density at radius 3 is 2.62 bits per heavy atom. The molecular formula is C9H18BrNO2. The average Bonchev–Trinajstić information content (AvgIpc) is 2.05. The Morgan fingerprint density at radius 1 is 1.46 bits per heavy atom. The highest BCUT2D eigenvalue weighted by molar-refractivity contribution is 8.93. The summed E-state index contributed by atoms with van der Waals surface area (Å²) in [7, 11) is 0. The molecule has 0 unspecified atom stereocenters. The summed E-state index contributed by atoms with van der Waals surface area (Å²) in [5, 5.41) is 0. The quantitative estimate of drug-likeness (QED) is 0.760. The number of hydrogen-bond donors (Lipinski definition) is 1. The number of hydrogen-bond acceptors (Lipinski definition) is 3. The zero-order valence-corrected chi connectivity index (χ0v) is 9.71. The molecule has 1 saturated carbocycles. The molecule has 78 valence electrons. The van der Waals surface area contributed by atoms with Gasteiger partial charge in [0.25, 0.3) is 0 Å². The SMILES string of the molecule is Br.CCOC(=O)[C@@H]1CCCC[C@@H]1N. The molecule has 1 aliphatic rings. The van der Waals surface area contributed by atoms with Crippen LogP contribution in [0.5, 0.6) is 0 Å². The van der Waals surface area contributed by atoms with Crippen molar-refractivity contribution in [3.63, 3.8) is 0 Å². The Bertz CT molecular complexity index is 164. The first-order valence-electron chi connectivity index (χ1n) is 4.68. The predicted octanol–water partition coefficient (Wildman–Crippen LogP) is 1.64. The minimum absolute atomic E-state index is 0. The highest BCUT2D eigenvalue weighted by atomic mass is 79.9. The van der Waals surface area contributed by atoms with Crippen molar-refractivity contribution in [3.05, 3.63) is 0 Å². The smallest absolute Gasteiger partial charge is 0.310 e. The van der Waals surface area contributed by atoms with E-state index in [1.54, 1.807) is 0 Å². The van der Waals surface area contributed by atoms with E-state index in [0.717, 1.165) is 25.7 Å². The molecule has 0 spiro atoms. The second kappa shape index (κ2) is 6.38. The summed E-state index contributed by atoms with van der Waals surface area (Å²) in [5.74, 6) is -0.150. The highest BCUT2D eigenvalue weighted by Gasteiger charge is 2.28. The first-order chi connectivity index (χ1) is 5.75. The molecule has 4 heteroatoms. The van der Waals surface area contributed by atoms with Crippen molar-refractivity contribution in [2.45, 2.75) is 38.6 Å². The molecule has 0 aromatic carbocycles. The number of esters is 1.